The van der Waals surface area contributed by atoms with Gasteiger partial charge in [0, 0.05) is 11.1 Å². The average molecular weight is 296 g/mol. The molecule has 0 radical (unpaired) electrons. The molecule has 0 unspecified atom stereocenters. The Kier molecular flexibility index (Phi) is 4.77. The summed E-state index contributed by atoms with van der Waals surface area (Å²) in [5.41, 5.74) is -0.834. The highest BCUT2D eigenvalue weighted by Crippen LogP contribution is 2.07. The van der Waals surface area contributed by atoms with E-state index in [1.165, 1.54) is 24.3 Å². The first kappa shape index (κ1) is 15.1. The molecule has 110 valence electrons. The molecule has 0 aliphatic rings. The van der Waals surface area contributed by atoms with Gasteiger partial charge < -0.3 is 10.4 Å². The zero-order valence-corrected chi connectivity index (χ0v) is 11.4. The monoisotopic (exact) mass is 296 g/mol. The summed E-state index contributed by atoms with van der Waals surface area (Å²) in [6.07, 6.45) is 0. The maximum absolute atomic E-state index is 12.3. The van der Waals surface area contributed by atoms with Gasteiger partial charge >= 0.3 is 0 Å². The van der Waals surface area contributed by atoms with Crippen LogP contribution in [0.1, 0.15) is 20.7 Å². The maximum Gasteiger partial charge on any atom is 0.217 e. The van der Waals surface area contributed by atoms with Gasteiger partial charge in [0.15, 0.2) is 11.4 Å². The van der Waals surface area contributed by atoms with Crippen LogP contribution in [0.3, 0.4) is 0 Å². The van der Waals surface area contributed by atoms with Crippen molar-refractivity contribution in [2.24, 2.45) is 10.3 Å². The lowest BCUT2D eigenvalue weighted by atomic mass is 9.98. The Morgan fingerprint density at radius 1 is 0.636 bits per heavy atom. The molecular formula is C16H12N2O4. The van der Waals surface area contributed by atoms with Gasteiger partial charge in [0.25, 0.3) is 0 Å². The topological polar surface area (TPSA) is 99.3 Å². The number of Topliss-reactive ketones (excluding diaryl/α,β-unsaturated/α-hetero) is 2. The zero-order valence-electron chi connectivity index (χ0n) is 11.4. The van der Waals surface area contributed by atoms with Gasteiger partial charge in [-0.3, -0.25) is 9.59 Å². The molecule has 0 saturated heterocycles. The van der Waals surface area contributed by atoms with E-state index in [4.69, 9.17) is 10.4 Å². The fraction of sp³-hybridized carbons (Fsp3) is 0. The molecule has 0 amide bonds. The first-order valence-corrected chi connectivity index (χ1v) is 6.33. The van der Waals surface area contributed by atoms with E-state index >= 15 is 0 Å². The number of rotatable bonds is 5. The van der Waals surface area contributed by atoms with Crippen LogP contribution in [-0.2, 0) is 0 Å². The molecule has 0 fully saturated rings. The molecule has 2 rings (SSSR count). The van der Waals surface area contributed by atoms with E-state index in [0.717, 1.165) is 0 Å². The van der Waals surface area contributed by atoms with Crippen LogP contribution in [0.4, 0.5) is 0 Å². The predicted molar refractivity (Wildman–Crippen MR) is 80.0 cm³/mol. The lowest BCUT2D eigenvalue weighted by molar-refractivity contribution is 0.104. The number of ketones is 2. The Bertz CT molecular complexity index is 672. The van der Waals surface area contributed by atoms with E-state index in [0.29, 0.717) is 0 Å². The molecule has 0 aliphatic carbocycles. The van der Waals surface area contributed by atoms with Crippen LogP contribution in [0.2, 0.25) is 0 Å². The van der Waals surface area contributed by atoms with Crippen LogP contribution in [0.5, 0.6) is 0 Å². The zero-order chi connectivity index (χ0) is 15.9. The Hall–Kier alpha value is -3.28. The second-order valence-electron chi connectivity index (χ2n) is 4.29. The van der Waals surface area contributed by atoms with Crippen LogP contribution in [0, 0.1) is 0 Å². The third kappa shape index (κ3) is 3.06. The Balaban J connectivity index is 2.37. The van der Waals surface area contributed by atoms with E-state index in [1.807, 2.05) is 0 Å². The summed E-state index contributed by atoms with van der Waals surface area (Å²) >= 11 is 0. The molecule has 0 aromatic heterocycles. The van der Waals surface area contributed by atoms with Crippen molar-refractivity contribution in [1.82, 2.24) is 0 Å². The fourth-order valence-electron chi connectivity index (χ4n) is 1.85. The van der Waals surface area contributed by atoms with Crippen LogP contribution < -0.4 is 0 Å². The molecule has 22 heavy (non-hydrogen) atoms. The fourth-order valence-corrected chi connectivity index (χ4v) is 1.85. The quantitative estimate of drug-likeness (QED) is 0.383. The van der Waals surface area contributed by atoms with Crippen molar-refractivity contribution >= 4 is 23.0 Å². The third-order valence-corrected chi connectivity index (χ3v) is 2.93. The summed E-state index contributed by atoms with van der Waals surface area (Å²) in [7, 11) is 0. The van der Waals surface area contributed by atoms with Gasteiger partial charge in [-0.05, 0) is 0 Å². The van der Waals surface area contributed by atoms with Crippen LogP contribution in [-0.4, -0.2) is 33.4 Å². The van der Waals surface area contributed by atoms with Gasteiger partial charge in [-0.2, -0.15) is 0 Å². The lowest BCUT2D eigenvalue weighted by Gasteiger charge is -2.05. The van der Waals surface area contributed by atoms with E-state index in [9.17, 15) is 9.59 Å². The minimum Gasteiger partial charge on any atom is -0.410 e. The van der Waals surface area contributed by atoms with E-state index in [-0.39, 0.29) is 11.1 Å². The third-order valence-electron chi connectivity index (χ3n) is 2.93. The van der Waals surface area contributed by atoms with Gasteiger partial charge in [0.1, 0.15) is 0 Å². The van der Waals surface area contributed by atoms with Gasteiger partial charge in [0.2, 0.25) is 11.6 Å². The number of benzene rings is 2. The SMILES string of the molecule is O=C(C(=N\O)/C(=N\O)C(=O)c1ccccc1)c1ccccc1. The van der Waals surface area contributed by atoms with E-state index < -0.39 is 23.0 Å². The molecule has 2 aromatic carbocycles. The van der Waals surface area contributed by atoms with Gasteiger partial charge in [0.05, 0.1) is 0 Å². The van der Waals surface area contributed by atoms with Crippen molar-refractivity contribution < 1.29 is 20.0 Å². The van der Waals surface area contributed by atoms with Crippen LogP contribution >= 0.6 is 0 Å². The summed E-state index contributed by atoms with van der Waals surface area (Å²) in [6, 6.07) is 15.9. The number of carbonyl (C=O) groups is 2. The largest absolute Gasteiger partial charge is 0.410 e. The molecule has 0 atom stereocenters. The van der Waals surface area contributed by atoms with Crippen molar-refractivity contribution in [3.63, 3.8) is 0 Å². The normalized spacial score (nSPS) is 12.0. The standard InChI is InChI=1S/C16H12N2O4/c19-15(11-7-3-1-4-8-11)13(17-21)14(18-22)16(20)12-9-5-2-6-10-12/h1-10,21-22H/b17-13-,18-14+. The highest BCUT2D eigenvalue weighted by molar-refractivity contribution is 6.84. The molecule has 0 aliphatic heterocycles. The molecule has 0 heterocycles. The Labute approximate surface area is 126 Å². The predicted octanol–water partition coefficient (Wildman–Crippen LogP) is 2.41. The van der Waals surface area contributed by atoms with Gasteiger partial charge in [-0.15, -0.1) is 0 Å². The van der Waals surface area contributed by atoms with Crippen LogP contribution in [0.15, 0.2) is 71.0 Å². The summed E-state index contributed by atoms with van der Waals surface area (Å²) in [5.74, 6) is -1.44. The number of nitrogens with zero attached hydrogens (tertiary/aromatic N) is 2. The second kappa shape index (κ2) is 6.94. The Morgan fingerprint density at radius 2 is 0.955 bits per heavy atom. The smallest absolute Gasteiger partial charge is 0.217 e. The summed E-state index contributed by atoms with van der Waals surface area (Å²) in [6.45, 7) is 0. The van der Waals surface area contributed by atoms with Crippen molar-refractivity contribution in [3.05, 3.63) is 71.8 Å². The molecular weight excluding hydrogens is 284 g/mol. The first-order valence-electron chi connectivity index (χ1n) is 6.33. The number of hydrogen-bond acceptors (Lipinski definition) is 6. The summed E-state index contributed by atoms with van der Waals surface area (Å²) < 4.78 is 0. The van der Waals surface area contributed by atoms with Crippen LogP contribution in [0.25, 0.3) is 0 Å². The number of oxime groups is 2. The Morgan fingerprint density at radius 3 is 1.23 bits per heavy atom. The van der Waals surface area contributed by atoms with E-state index in [1.54, 1.807) is 36.4 Å². The molecule has 6 heteroatoms. The van der Waals surface area contributed by atoms with Crippen molar-refractivity contribution in [1.29, 1.82) is 0 Å². The number of hydrogen-bond donors (Lipinski definition) is 2. The molecule has 2 N–H and O–H groups in total. The highest BCUT2D eigenvalue weighted by atomic mass is 16.4. The molecule has 0 saturated carbocycles. The first-order chi connectivity index (χ1) is 10.7. The maximum atomic E-state index is 12.3. The number of carbonyl (C=O) groups excluding carboxylic acids is 2. The molecule has 0 bridgehead atoms. The summed E-state index contributed by atoms with van der Waals surface area (Å²) in [4.78, 5) is 24.6. The summed E-state index contributed by atoms with van der Waals surface area (Å²) in [5, 5.41) is 23.8. The molecule has 0 spiro atoms. The molecule has 6 nitrogen and oxygen atoms in total. The lowest BCUT2D eigenvalue weighted by Crippen LogP contribution is -2.31. The highest BCUT2D eigenvalue weighted by Gasteiger charge is 2.27. The van der Waals surface area contributed by atoms with Crippen molar-refractivity contribution in [2.45, 2.75) is 0 Å². The van der Waals surface area contributed by atoms with Gasteiger partial charge in [-0.1, -0.05) is 71.0 Å². The molecule has 2 aromatic rings. The minimum absolute atomic E-state index is 0.206. The van der Waals surface area contributed by atoms with E-state index in [2.05, 4.69) is 10.3 Å². The van der Waals surface area contributed by atoms with Crippen molar-refractivity contribution in [2.75, 3.05) is 0 Å². The van der Waals surface area contributed by atoms with Gasteiger partial charge in [-0.25, -0.2) is 0 Å². The minimum atomic E-state index is -0.722. The second-order valence-corrected chi connectivity index (χ2v) is 4.29. The average Bonchev–Trinajstić information content (AvgIpc) is 2.60. The van der Waals surface area contributed by atoms with Crippen molar-refractivity contribution in [3.8, 4) is 0 Å².